The van der Waals surface area contributed by atoms with E-state index in [1.54, 1.807) is 0 Å². The van der Waals surface area contributed by atoms with Crippen LogP contribution < -0.4 is 0 Å². The van der Waals surface area contributed by atoms with E-state index in [0.717, 1.165) is 0 Å². The fourth-order valence-electron chi connectivity index (χ4n) is 3.15. The molecular formula is C31H34. The third kappa shape index (κ3) is 8.10. The Bertz CT molecular complexity index is 1090. The minimum atomic E-state index is 1.32. The summed E-state index contributed by atoms with van der Waals surface area (Å²) in [6.45, 7) is 10.3. The summed E-state index contributed by atoms with van der Waals surface area (Å²) in [6.07, 6.45) is 0. The Morgan fingerprint density at radius 2 is 0.677 bits per heavy atom. The molecule has 0 heteroatoms. The fourth-order valence-corrected chi connectivity index (χ4v) is 3.15. The minimum absolute atomic E-state index is 1.32. The minimum Gasteiger partial charge on any atom is -0.0683 e. The van der Waals surface area contributed by atoms with Gasteiger partial charge in [0, 0.05) is 0 Å². The number of hydrogen-bond acceptors (Lipinski definition) is 0. The quantitative estimate of drug-likeness (QED) is 0.240. The van der Waals surface area contributed by atoms with E-state index < -0.39 is 0 Å². The van der Waals surface area contributed by atoms with Gasteiger partial charge in [-0.2, -0.15) is 0 Å². The summed E-state index contributed by atoms with van der Waals surface area (Å²) in [6, 6.07) is 40.1. The molecule has 0 saturated heterocycles. The molecule has 0 unspecified atom stereocenters. The van der Waals surface area contributed by atoms with Gasteiger partial charge in [0.25, 0.3) is 0 Å². The van der Waals surface area contributed by atoms with Crippen molar-refractivity contribution in [2.45, 2.75) is 34.6 Å². The number of aryl methyl sites for hydroxylation is 3. The molecule has 5 aromatic carbocycles. The summed E-state index contributed by atoms with van der Waals surface area (Å²) < 4.78 is 0. The molecule has 158 valence electrons. The van der Waals surface area contributed by atoms with Crippen LogP contribution in [0.4, 0.5) is 0 Å². The van der Waals surface area contributed by atoms with Crippen LogP contribution in [-0.4, -0.2) is 0 Å². The van der Waals surface area contributed by atoms with E-state index in [4.69, 9.17) is 0 Å². The summed E-state index contributed by atoms with van der Waals surface area (Å²) in [7, 11) is 0. The Hall–Kier alpha value is -3.38. The average Bonchev–Trinajstić information content (AvgIpc) is 2.81. The summed E-state index contributed by atoms with van der Waals surface area (Å²) in [4.78, 5) is 0. The van der Waals surface area contributed by atoms with Crippen LogP contribution >= 0.6 is 0 Å². The van der Waals surface area contributed by atoms with Crippen LogP contribution in [0.3, 0.4) is 0 Å². The average molecular weight is 407 g/mol. The molecule has 0 aliphatic rings. The molecule has 5 aromatic rings. The van der Waals surface area contributed by atoms with Gasteiger partial charge in [-0.05, 0) is 42.3 Å². The first-order valence-corrected chi connectivity index (χ1v) is 11.0. The molecule has 0 aliphatic carbocycles. The van der Waals surface area contributed by atoms with Gasteiger partial charge in [0.15, 0.2) is 0 Å². The van der Waals surface area contributed by atoms with Crippen molar-refractivity contribution >= 4 is 21.5 Å². The van der Waals surface area contributed by atoms with Crippen molar-refractivity contribution in [1.29, 1.82) is 0 Å². The summed E-state index contributed by atoms with van der Waals surface area (Å²) in [5, 5.41) is 5.29. The van der Waals surface area contributed by atoms with Gasteiger partial charge in [-0.1, -0.05) is 146 Å². The van der Waals surface area contributed by atoms with Crippen molar-refractivity contribution in [2.24, 2.45) is 0 Å². The molecular weight excluding hydrogens is 372 g/mol. The van der Waals surface area contributed by atoms with Crippen molar-refractivity contribution < 1.29 is 0 Å². The highest BCUT2D eigenvalue weighted by Crippen LogP contribution is 2.15. The van der Waals surface area contributed by atoms with Crippen LogP contribution in [0.15, 0.2) is 115 Å². The number of benzene rings is 5. The lowest BCUT2D eigenvalue weighted by molar-refractivity contribution is 1.48. The van der Waals surface area contributed by atoms with Crippen molar-refractivity contribution in [3.05, 3.63) is 132 Å². The van der Waals surface area contributed by atoms with Gasteiger partial charge < -0.3 is 0 Å². The number of fused-ring (bicyclic) bond motifs is 2. The van der Waals surface area contributed by atoms with E-state index in [9.17, 15) is 0 Å². The third-order valence-electron chi connectivity index (χ3n) is 4.75. The standard InChI is InChI=1S/2C11H10.C7H8.C2H6/c2*1-9-6-7-10-4-2-3-5-11(10)8-9;1-7-5-3-2-4-6-7;1-2/h2*2-8H,1H3;2-6H,1H3;1-2H3. The molecule has 0 spiro atoms. The molecule has 0 aliphatic heterocycles. The Morgan fingerprint density at radius 1 is 0.323 bits per heavy atom. The summed E-state index contributed by atoms with van der Waals surface area (Å²) in [5.74, 6) is 0. The van der Waals surface area contributed by atoms with Crippen LogP contribution in [0.1, 0.15) is 30.5 Å². The monoisotopic (exact) mass is 406 g/mol. The van der Waals surface area contributed by atoms with Crippen molar-refractivity contribution in [3.8, 4) is 0 Å². The van der Waals surface area contributed by atoms with Gasteiger partial charge in [0.05, 0.1) is 0 Å². The predicted octanol–water partition coefficient (Wildman–Crippen LogP) is 9.32. The Morgan fingerprint density at radius 3 is 1.03 bits per heavy atom. The molecule has 0 radical (unpaired) electrons. The van der Waals surface area contributed by atoms with E-state index in [-0.39, 0.29) is 0 Å². The van der Waals surface area contributed by atoms with Gasteiger partial charge >= 0.3 is 0 Å². The Balaban J connectivity index is 0.000000163. The van der Waals surface area contributed by atoms with Gasteiger partial charge in [-0.3, -0.25) is 0 Å². The molecule has 0 aromatic heterocycles. The van der Waals surface area contributed by atoms with E-state index in [0.29, 0.717) is 0 Å². The normalized spacial score (nSPS) is 9.45. The lowest BCUT2D eigenvalue weighted by Crippen LogP contribution is -1.73. The second kappa shape index (κ2) is 13.0. The lowest BCUT2D eigenvalue weighted by atomic mass is 10.1. The van der Waals surface area contributed by atoms with Crippen LogP contribution in [0.25, 0.3) is 21.5 Å². The van der Waals surface area contributed by atoms with E-state index in [1.807, 2.05) is 32.0 Å². The molecule has 5 rings (SSSR count). The number of rotatable bonds is 0. The molecule has 0 saturated carbocycles. The first kappa shape index (κ1) is 23.9. The maximum absolute atomic E-state index is 2.20. The lowest BCUT2D eigenvalue weighted by Gasteiger charge is -1.96. The smallest absolute Gasteiger partial charge is 0.0181 e. The van der Waals surface area contributed by atoms with Gasteiger partial charge in [-0.25, -0.2) is 0 Å². The predicted molar refractivity (Wildman–Crippen MR) is 140 cm³/mol. The van der Waals surface area contributed by atoms with Crippen LogP contribution in [-0.2, 0) is 0 Å². The maximum Gasteiger partial charge on any atom is -0.0181 e. The van der Waals surface area contributed by atoms with Gasteiger partial charge in [0.2, 0.25) is 0 Å². The molecule has 0 bridgehead atoms. The highest BCUT2D eigenvalue weighted by Gasteiger charge is 1.90. The zero-order valence-electron chi connectivity index (χ0n) is 19.5. The molecule has 0 nitrogen and oxygen atoms in total. The topological polar surface area (TPSA) is 0 Å². The largest absolute Gasteiger partial charge is 0.0683 e. The SMILES string of the molecule is CC.Cc1ccc2ccccc2c1.Cc1ccc2ccccc2c1.Cc1ccccc1. The molecule has 0 heterocycles. The van der Waals surface area contributed by atoms with Crippen LogP contribution in [0.2, 0.25) is 0 Å². The van der Waals surface area contributed by atoms with E-state index in [2.05, 4.69) is 118 Å². The zero-order valence-corrected chi connectivity index (χ0v) is 19.5. The Labute approximate surface area is 188 Å². The first-order valence-electron chi connectivity index (χ1n) is 11.0. The highest BCUT2D eigenvalue weighted by molar-refractivity contribution is 5.83. The third-order valence-corrected chi connectivity index (χ3v) is 4.75. The first-order chi connectivity index (χ1) is 15.1. The van der Waals surface area contributed by atoms with Crippen molar-refractivity contribution in [3.63, 3.8) is 0 Å². The van der Waals surface area contributed by atoms with E-state index in [1.165, 1.54) is 38.2 Å². The number of hydrogen-bond donors (Lipinski definition) is 0. The molecule has 0 atom stereocenters. The summed E-state index contributed by atoms with van der Waals surface area (Å²) >= 11 is 0. The Kier molecular flexibility index (Phi) is 10.0. The van der Waals surface area contributed by atoms with Crippen LogP contribution in [0.5, 0.6) is 0 Å². The van der Waals surface area contributed by atoms with Gasteiger partial charge in [-0.15, -0.1) is 0 Å². The molecule has 0 amide bonds. The highest BCUT2D eigenvalue weighted by atomic mass is 14.0. The van der Waals surface area contributed by atoms with Crippen molar-refractivity contribution in [1.82, 2.24) is 0 Å². The van der Waals surface area contributed by atoms with Crippen LogP contribution in [0, 0.1) is 20.8 Å². The zero-order chi connectivity index (χ0) is 22.5. The van der Waals surface area contributed by atoms with Gasteiger partial charge in [0.1, 0.15) is 0 Å². The summed E-state index contributed by atoms with van der Waals surface area (Å²) in [5.41, 5.74) is 3.97. The van der Waals surface area contributed by atoms with E-state index >= 15 is 0 Å². The second-order valence-electron chi connectivity index (χ2n) is 7.36. The molecule has 0 fully saturated rings. The maximum atomic E-state index is 2.20. The molecule has 31 heavy (non-hydrogen) atoms. The van der Waals surface area contributed by atoms with Crippen molar-refractivity contribution in [2.75, 3.05) is 0 Å². The fraction of sp³-hybridized carbons (Fsp3) is 0.161. The molecule has 0 N–H and O–H groups in total. The second-order valence-corrected chi connectivity index (χ2v) is 7.36.